The fraction of sp³-hybridized carbons (Fsp3) is 0.176. The maximum atomic E-state index is 14.8. The molecule has 42 heavy (non-hydrogen) atoms. The summed E-state index contributed by atoms with van der Waals surface area (Å²) >= 11 is 0. The molecule has 1 saturated heterocycles. The van der Waals surface area contributed by atoms with Crippen LogP contribution in [0.15, 0.2) is 97.3 Å². The number of carbonyl (C=O) groups excluding carboxylic acids is 3. The Labute approximate surface area is 242 Å². The molecule has 8 heteroatoms. The van der Waals surface area contributed by atoms with Gasteiger partial charge in [0.15, 0.2) is 11.6 Å². The lowest BCUT2D eigenvalue weighted by molar-refractivity contribution is -0.122. The normalized spacial score (nSPS) is 23.1. The smallest absolute Gasteiger partial charge is 0.238 e. The zero-order valence-corrected chi connectivity index (χ0v) is 23.0. The maximum Gasteiger partial charge on any atom is 0.238 e. The number of ether oxygens (including phenoxy) is 2. The minimum atomic E-state index is -1.42. The van der Waals surface area contributed by atoms with Crippen molar-refractivity contribution in [3.05, 3.63) is 125 Å². The molecule has 1 fully saturated rings. The van der Waals surface area contributed by atoms with Gasteiger partial charge in [0.2, 0.25) is 5.91 Å². The average molecular weight is 558 g/mol. The number of fused-ring (bicyclic) bond motifs is 6. The molecule has 0 aliphatic carbocycles. The second kappa shape index (κ2) is 9.69. The van der Waals surface area contributed by atoms with Gasteiger partial charge in [0, 0.05) is 24.2 Å². The number of pyridine rings is 1. The monoisotopic (exact) mass is 557 g/mol. The molecule has 8 nitrogen and oxygen atoms in total. The van der Waals surface area contributed by atoms with E-state index in [9.17, 15) is 14.4 Å². The number of nitrogens with zero attached hydrogens (tertiary/aromatic N) is 2. The number of Topliss-reactive ketones (excluding diaryl/α,β-unsaturated/α-hetero) is 2. The van der Waals surface area contributed by atoms with Crippen molar-refractivity contribution >= 4 is 29.2 Å². The summed E-state index contributed by atoms with van der Waals surface area (Å²) < 4.78 is 11.0. The van der Waals surface area contributed by atoms with Crippen molar-refractivity contribution in [2.45, 2.75) is 17.5 Å². The topological polar surface area (TPSA) is 97.8 Å². The Bertz CT molecular complexity index is 1790. The molecule has 7 rings (SSSR count). The molecule has 3 aliphatic heterocycles. The van der Waals surface area contributed by atoms with E-state index in [4.69, 9.17) is 9.47 Å². The highest BCUT2D eigenvalue weighted by molar-refractivity contribution is 6.16. The van der Waals surface area contributed by atoms with Crippen LogP contribution in [0, 0.1) is 5.92 Å². The van der Waals surface area contributed by atoms with Crippen LogP contribution in [0.5, 0.6) is 11.5 Å². The predicted octanol–water partition coefficient (Wildman–Crippen LogP) is 5.08. The molecule has 0 bridgehead atoms. The van der Waals surface area contributed by atoms with Gasteiger partial charge in [0.25, 0.3) is 0 Å². The van der Waals surface area contributed by atoms with Crippen LogP contribution in [-0.4, -0.2) is 47.6 Å². The second-order valence-corrected chi connectivity index (χ2v) is 10.6. The van der Waals surface area contributed by atoms with E-state index in [1.165, 1.54) is 14.2 Å². The largest absolute Gasteiger partial charge is 0.497 e. The zero-order chi connectivity index (χ0) is 29.0. The molecular weight excluding hydrogens is 530 g/mol. The summed E-state index contributed by atoms with van der Waals surface area (Å²) in [5.41, 5.74) is 2.15. The van der Waals surface area contributed by atoms with Gasteiger partial charge >= 0.3 is 0 Å². The summed E-state index contributed by atoms with van der Waals surface area (Å²) in [6.07, 6.45) is 5.31. The first-order chi connectivity index (χ1) is 20.5. The Morgan fingerprint density at radius 3 is 2.48 bits per heavy atom. The molecule has 0 radical (unpaired) electrons. The van der Waals surface area contributed by atoms with Gasteiger partial charge in [-0.15, -0.1) is 0 Å². The molecule has 208 valence electrons. The number of anilines is 1. The molecule has 1 aromatic heterocycles. The number of methoxy groups -OCH3 is 2. The molecule has 3 aromatic carbocycles. The van der Waals surface area contributed by atoms with Crippen LogP contribution >= 0.6 is 0 Å². The quantitative estimate of drug-likeness (QED) is 0.330. The van der Waals surface area contributed by atoms with Crippen molar-refractivity contribution in [3.8, 4) is 11.5 Å². The number of para-hydroxylation sites is 1. The third kappa shape index (κ3) is 3.48. The first-order valence-electron chi connectivity index (χ1n) is 13.7. The number of carbonyl (C=O) groups is 3. The number of amides is 1. The number of hydrogen-bond acceptors (Lipinski definition) is 7. The van der Waals surface area contributed by atoms with Crippen molar-refractivity contribution in [2.24, 2.45) is 5.92 Å². The standard InChI is InChI=1S/C34H27N3O5/c1-41-21-14-15-23(27(19-21)42-2)30(38)29-28(31(39)26-13-7-8-17-35-26)34(24-11-5-6-12-25(24)36-33(34)40)32-22-10-4-3-9-20(22)16-18-37(29)32/h3-19,28-29,32H,1-2H3,(H,36,40)/t28-,29+,32+,34-/m0/s1. The Hall–Kier alpha value is -5.24. The van der Waals surface area contributed by atoms with E-state index >= 15 is 0 Å². The Morgan fingerprint density at radius 2 is 1.69 bits per heavy atom. The SMILES string of the molecule is COc1ccc(C(=O)[C@H]2[C@@H](C(=O)c3ccccn3)[C@]3(C(=O)Nc4ccccc43)[C@H]3c4ccccc4C=CN23)c(OC)c1. The Balaban J connectivity index is 1.53. The van der Waals surface area contributed by atoms with Crippen LogP contribution < -0.4 is 14.8 Å². The fourth-order valence-electron chi connectivity index (χ4n) is 7.00. The van der Waals surface area contributed by atoms with Crippen LogP contribution in [0.25, 0.3) is 6.08 Å². The van der Waals surface area contributed by atoms with E-state index in [-0.39, 0.29) is 28.7 Å². The van der Waals surface area contributed by atoms with E-state index in [0.717, 1.165) is 11.1 Å². The summed E-state index contributed by atoms with van der Waals surface area (Å²) in [5.74, 6) is -1.31. The van der Waals surface area contributed by atoms with Crippen LogP contribution in [-0.2, 0) is 10.2 Å². The van der Waals surface area contributed by atoms with Crippen LogP contribution in [0.4, 0.5) is 5.69 Å². The van der Waals surface area contributed by atoms with Crippen molar-refractivity contribution in [2.75, 3.05) is 19.5 Å². The van der Waals surface area contributed by atoms with Crippen molar-refractivity contribution in [3.63, 3.8) is 0 Å². The molecule has 4 aromatic rings. The van der Waals surface area contributed by atoms with Gasteiger partial charge in [-0.2, -0.15) is 0 Å². The number of aromatic nitrogens is 1. The van der Waals surface area contributed by atoms with E-state index in [0.29, 0.717) is 22.7 Å². The molecule has 1 amide bonds. The summed E-state index contributed by atoms with van der Waals surface area (Å²) in [5, 5.41) is 3.05. The van der Waals surface area contributed by atoms with Gasteiger partial charge in [0.1, 0.15) is 28.6 Å². The molecule has 0 saturated carbocycles. The fourth-order valence-corrected chi connectivity index (χ4v) is 7.00. The summed E-state index contributed by atoms with van der Waals surface area (Å²) in [7, 11) is 3.02. The lowest BCUT2D eigenvalue weighted by Crippen LogP contribution is -2.49. The lowest BCUT2D eigenvalue weighted by atomic mass is 9.63. The Morgan fingerprint density at radius 1 is 0.905 bits per heavy atom. The summed E-state index contributed by atoms with van der Waals surface area (Å²) in [6.45, 7) is 0. The molecule has 3 aliphatic rings. The van der Waals surface area contributed by atoms with E-state index in [2.05, 4.69) is 10.3 Å². The van der Waals surface area contributed by atoms with Crippen molar-refractivity contribution in [1.29, 1.82) is 0 Å². The second-order valence-electron chi connectivity index (χ2n) is 10.6. The van der Waals surface area contributed by atoms with E-state index < -0.39 is 23.4 Å². The maximum absolute atomic E-state index is 14.8. The van der Waals surface area contributed by atoms with E-state index in [1.807, 2.05) is 65.7 Å². The highest BCUT2D eigenvalue weighted by atomic mass is 16.5. The van der Waals surface area contributed by atoms with Crippen molar-refractivity contribution < 1.29 is 23.9 Å². The van der Waals surface area contributed by atoms with Crippen LogP contribution in [0.3, 0.4) is 0 Å². The highest BCUT2D eigenvalue weighted by Crippen LogP contribution is 2.62. The number of hydrogen-bond donors (Lipinski definition) is 1. The van der Waals surface area contributed by atoms with Gasteiger partial charge in [-0.3, -0.25) is 19.4 Å². The minimum absolute atomic E-state index is 0.190. The molecule has 4 atom stereocenters. The predicted molar refractivity (Wildman–Crippen MR) is 157 cm³/mol. The molecular formula is C34H27N3O5. The third-order valence-corrected chi connectivity index (χ3v) is 8.71. The molecule has 0 unspecified atom stereocenters. The number of rotatable bonds is 6. The van der Waals surface area contributed by atoms with E-state index in [1.54, 1.807) is 42.6 Å². The molecule has 1 spiro atoms. The Kier molecular flexibility index (Phi) is 5.93. The van der Waals surface area contributed by atoms with Crippen molar-refractivity contribution in [1.82, 2.24) is 9.88 Å². The van der Waals surface area contributed by atoms with Gasteiger partial charge < -0.3 is 19.7 Å². The van der Waals surface area contributed by atoms with Crippen LogP contribution in [0.1, 0.15) is 43.6 Å². The molecule has 1 N–H and O–H groups in total. The summed E-state index contributed by atoms with van der Waals surface area (Å²) in [4.78, 5) is 50.3. The number of nitrogens with one attached hydrogen (secondary N) is 1. The summed E-state index contributed by atoms with van der Waals surface area (Å²) in [6, 6.07) is 23.6. The van der Waals surface area contributed by atoms with Gasteiger partial charge in [0.05, 0.1) is 31.7 Å². The lowest BCUT2D eigenvalue weighted by Gasteiger charge is -2.38. The minimum Gasteiger partial charge on any atom is -0.497 e. The molecule has 4 heterocycles. The van der Waals surface area contributed by atoms with Gasteiger partial charge in [-0.25, -0.2) is 0 Å². The van der Waals surface area contributed by atoms with Gasteiger partial charge in [-0.1, -0.05) is 48.5 Å². The average Bonchev–Trinajstić information content (AvgIpc) is 3.52. The third-order valence-electron chi connectivity index (χ3n) is 8.71. The number of ketones is 2. The highest BCUT2D eigenvalue weighted by Gasteiger charge is 2.71. The number of benzene rings is 3. The zero-order valence-electron chi connectivity index (χ0n) is 23.0. The first kappa shape index (κ1) is 25.7. The first-order valence-corrected chi connectivity index (χ1v) is 13.7. The van der Waals surface area contributed by atoms with Crippen LogP contribution in [0.2, 0.25) is 0 Å². The van der Waals surface area contributed by atoms with Gasteiger partial charge in [-0.05, 0) is 53.1 Å².